The predicted octanol–water partition coefficient (Wildman–Crippen LogP) is 0.182. The molecule has 0 aliphatic carbocycles. The zero-order chi connectivity index (χ0) is 8.69. The van der Waals surface area contributed by atoms with Gasteiger partial charge in [-0.05, 0) is 25.9 Å². The number of hydrogen-bond acceptors (Lipinski definition) is 3. The summed E-state index contributed by atoms with van der Waals surface area (Å²) in [6.07, 6.45) is 1.46. The van der Waals surface area contributed by atoms with Crippen LogP contribution >= 0.6 is 0 Å². The van der Waals surface area contributed by atoms with E-state index in [1.54, 1.807) is 0 Å². The zero-order valence-electron chi connectivity index (χ0n) is 7.21. The van der Waals surface area contributed by atoms with Gasteiger partial charge in [-0.3, -0.25) is 0 Å². The first-order valence-corrected chi connectivity index (χ1v) is 3.98. The first-order chi connectivity index (χ1) is 5.22. The third kappa shape index (κ3) is 4.93. The second-order valence-corrected chi connectivity index (χ2v) is 2.84. The Kier molecular flexibility index (Phi) is 6.07. The zero-order valence-corrected chi connectivity index (χ0v) is 7.21. The van der Waals surface area contributed by atoms with Gasteiger partial charge in [-0.25, -0.2) is 0 Å². The van der Waals surface area contributed by atoms with Crippen LogP contribution in [0.15, 0.2) is 0 Å². The average Bonchev–Trinajstić information content (AvgIpc) is 2.00. The second kappa shape index (κ2) is 6.31. The lowest BCUT2D eigenvalue weighted by Gasteiger charge is -2.15. The largest absolute Gasteiger partial charge is 0.392 e. The summed E-state index contributed by atoms with van der Waals surface area (Å²) in [5.74, 6) is 0.202. The fraction of sp³-hybridized carbons (Fsp3) is 0.875. The number of rotatable bonds is 6. The molecule has 2 N–H and O–H groups in total. The third-order valence-corrected chi connectivity index (χ3v) is 1.84. The summed E-state index contributed by atoms with van der Waals surface area (Å²) in [4.78, 5) is 10.0. The highest BCUT2D eigenvalue weighted by Gasteiger charge is 2.12. The van der Waals surface area contributed by atoms with Crippen LogP contribution in [0.5, 0.6) is 0 Å². The Morgan fingerprint density at radius 1 is 1.64 bits per heavy atom. The number of carbonyl (C=O) groups excluding carboxylic acids is 1. The first-order valence-electron chi connectivity index (χ1n) is 3.98. The van der Waals surface area contributed by atoms with E-state index in [1.165, 1.54) is 0 Å². The summed E-state index contributed by atoms with van der Waals surface area (Å²) in [6, 6.07) is 0. The van der Waals surface area contributed by atoms with Crippen LogP contribution in [0.4, 0.5) is 0 Å². The van der Waals surface area contributed by atoms with Gasteiger partial charge in [-0.1, -0.05) is 6.92 Å². The van der Waals surface area contributed by atoms with Crippen molar-refractivity contribution in [1.82, 2.24) is 5.32 Å². The summed E-state index contributed by atoms with van der Waals surface area (Å²) in [5, 5.41) is 12.3. The fourth-order valence-corrected chi connectivity index (χ4v) is 0.895. The van der Waals surface area contributed by atoms with Crippen molar-refractivity contribution in [2.24, 2.45) is 5.92 Å². The normalized spacial score (nSPS) is 15.9. The van der Waals surface area contributed by atoms with Crippen LogP contribution in [-0.4, -0.2) is 31.1 Å². The molecule has 0 heterocycles. The molecule has 3 nitrogen and oxygen atoms in total. The molecule has 0 aromatic rings. The highest BCUT2D eigenvalue weighted by atomic mass is 16.3. The van der Waals surface area contributed by atoms with Gasteiger partial charge in [0, 0.05) is 6.42 Å². The second-order valence-electron chi connectivity index (χ2n) is 2.84. The lowest BCUT2D eigenvalue weighted by molar-refractivity contribution is -0.110. The number of hydrogen-bond donors (Lipinski definition) is 2. The smallest absolute Gasteiger partial charge is 0.122 e. The Balaban J connectivity index is 3.45. The Morgan fingerprint density at radius 2 is 2.27 bits per heavy atom. The molecule has 0 saturated heterocycles. The van der Waals surface area contributed by atoms with Gasteiger partial charge >= 0.3 is 0 Å². The van der Waals surface area contributed by atoms with Crippen LogP contribution in [0.1, 0.15) is 19.8 Å². The number of aliphatic hydroxyl groups excluding tert-OH is 1. The first kappa shape index (κ1) is 10.6. The minimum absolute atomic E-state index is 0.202. The van der Waals surface area contributed by atoms with Gasteiger partial charge in [-0.2, -0.15) is 0 Å². The molecule has 0 aliphatic heterocycles. The van der Waals surface area contributed by atoms with Crippen molar-refractivity contribution in [2.75, 3.05) is 13.6 Å². The van der Waals surface area contributed by atoms with E-state index < -0.39 is 6.10 Å². The maximum Gasteiger partial charge on any atom is 0.122 e. The van der Waals surface area contributed by atoms with Crippen LogP contribution in [-0.2, 0) is 4.79 Å². The summed E-state index contributed by atoms with van der Waals surface area (Å²) >= 11 is 0. The molecule has 0 saturated carbocycles. The lowest BCUT2D eigenvalue weighted by Crippen LogP contribution is -2.22. The van der Waals surface area contributed by atoms with Crippen molar-refractivity contribution in [3.05, 3.63) is 0 Å². The number of nitrogens with one attached hydrogen (secondary N) is 1. The third-order valence-electron chi connectivity index (χ3n) is 1.84. The summed E-state index contributed by atoms with van der Waals surface area (Å²) < 4.78 is 0. The molecule has 0 bridgehead atoms. The highest BCUT2D eigenvalue weighted by molar-refractivity contribution is 5.50. The van der Waals surface area contributed by atoms with Crippen molar-refractivity contribution in [1.29, 1.82) is 0 Å². The van der Waals surface area contributed by atoms with E-state index in [2.05, 4.69) is 5.32 Å². The summed E-state index contributed by atoms with van der Waals surface area (Å²) in [7, 11) is 1.87. The fourth-order valence-electron chi connectivity index (χ4n) is 0.895. The van der Waals surface area contributed by atoms with E-state index in [1.807, 2.05) is 14.0 Å². The van der Waals surface area contributed by atoms with Crippen LogP contribution < -0.4 is 5.32 Å². The van der Waals surface area contributed by atoms with Crippen molar-refractivity contribution < 1.29 is 9.90 Å². The predicted molar refractivity (Wildman–Crippen MR) is 44.4 cm³/mol. The minimum Gasteiger partial charge on any atom is -0.392 e. The van der Waals surface area contributed by atoms with Gasteiger partial charge in [0.15, 0.2) is 0 Å². The molecule has 0 aromatic heterocycles. The van der Waals surface area contributed by atoms with Crippen LogP contribution in [0, 0.1) is 5.92 Å². The summed E-state index contributed by atoms with van der Waals surface area (Å²) in [5.41, 5.74) is 0. The Labute approximate surface area is 67.8 Å². The molecule has 0 fully saturated rings. The van der Waals surface area contributed by atoms with Crippen LogP contribution in [0.2, 0.25) is 0 Å². The molecule has 0 amide bonds. The molecule has 0 aromatic carbocycles. The monoisotopic (exact) mass is 159 g/mol. The number of aldehydes is 1. The molecule has 66 valence electrons. The van der Waals surface area contributed by atoms with E-state index in [0.717, 1.165) is 19.3 Å². The molecule has 3 heteroatoms. The van der Waals surface area contributed by atoms with Crippen LogP contribution in [0.25, 0.3) is 0 Å². The van der Waals surface area contributed by atoms with E-state index in [-0.39, 0.29) is 12.3 Å². The van der Waals surface area contributed by atoms with Gasteiger partial charge in [0.05, 0.1) is 6.10 Å². The van der Waals surface area contributed by atoms with Gasteiger partial charge in [0.1, 0.15) is 6.29 Å². The van der Waals surface area contributed by atoms with Crippen molar-refractivity contribution >= 4 is 6.29 Å². The van der Waals surface area contributed by atoms with Gasteiger partial charge in [0.25, 0.3) is 0 Å². The molecule has 1 unspecified atom stereocenters. The summed E-state index contributed by atoms with van der Waals surface area (Å²) in [6.45, 7) is 2.84. The van der Waals surface area contributed by atoms with Crippen molar-refractivity contribution in [3.8, 4) is 0 Å². The maximum atomic E-state index is 10.0. The number of aliphatic hydroxyl groups is 1. The Bertz CT molecular complexity index is 106. The topological polar surface area (TPSA) is 49.3 Å². The molecule has 0 spiro atoms. The SMILES string of the molecule is CNCCC(C)[C@H](O)CC=O. The van der Waals surface area contributed by atoms with E-state index in [9.17, 15) is 9.90 Å². The lowest BCUT2D eigenvalue weighted by atomic mass is 9.99. The molecule has 0 rings (SSSR count). The molecule has 11 heavy (non-hydrogen) atoms. The number of carbonyl (C=O) groups is 1. The Hall–Kier alpha value is -0.410. The highest BCUT2D eigenvalue weighted by Crippen LogP contribution is 2.08. The van der Waals surface area contributed by atoms with Crippen LogP contribution in [0.3, 0.4) is 0 Å². The van der Waals surface area contributed by atoms with Gasteiger partial charge < -0.3 is 15.2 Å². The van der Waals surface area contributed by atoms with Gasteiger partial charge in [-0.15, -0.1) is 0 Å². The molecular weight excluding hydrogens is 142 g/mol. The maximum absolute atomic E-state index is 10.0. The molecule has 2 atom stereocenters. The molecular formula is C8H17NO2. The average molecular weight is 159 g/mol. The van der Waals surface area contributed by atoms with Crippen molar-refractivity contribution in [3.63, 3.8) is 0 Å². The Morgan fingerprint density at radius 3 is 2.73 bits per heavy atom. The molecule has 0 radical (unpaired) electrons. The molecule has 0 aliphatic rings. The van der Waals surface area contributed by atoms with E-state index in [4.69, 9.17) is 0 Å². The van der Waals surface area contributed by atoms with Crippen molar-refractivity contribution in [2.45, 2.75) is 25.9 Å². The van der Waals surface area contributed by atoms with E-state index >= 15 is 0 Å². The van der Waals surface area contributed by atoms with Gasteiger partial charge in [0.2, 0.25) is 0 Å². The standard InChI is InChI=1S/C8H17NO2/c1-7(3-5-9-2)8(11)4-6-10/h6-9,11H,3-5H2,1-2H3/t7?,8-/m1/s1. The quantitative estimate of drug-likeness (QED) is 0.544. The van der Waals surface area contributed by atoms with E-state index in [0.29, 0.717) is 0 Å². The minimum atomic E-state index is -0.471.